The van der Waals surface area contributed by atoms with Crippen LogP contribution in [0.25, 0.3) is 0 Å². The van der Waals surface area contributed by atoms with Gasteiger partial charge in [-0.2, -0.15) is 13.2 Å². The lowest BCUT2D eigenvalue weighted by Crippen LogP contribution is -2.42. The molecule has 32 heavy (non-hydrogen) atoms. The zero-order valence-electron chi connectivity index (χ0n) is 15.8. The summed E-state index contributed by atoms with van der Waals surface area (Å²) in [6.07, 6.45) is -5.55. The highest BCUT2D eigenvalue weighted by Crippen LogP contribution is 2.35. The molecule has 0 aliphatic carbocycles. The quantitative estimate of drug-likeness (QED) is 0.535. The summed E-state index contributed by atoms with van der Waals surface area (Å²) in [7, 11) is 0. The Morgan fingerprint density at radius 1 is 1.16 bits per heavy atom. The molecular weight excluding hydrogens is 487 g/mol. The van der Waals surface area contributed by atoms with E-state index in [9.17, 15) is 31.1 Å². The highest BCUT2D eigenvalue weighted by molar-refractivity contribution is 6.33. The van der Waals surface area contributed by atoms with Crippen LogP contribution >= 0.6 is 23.2 Å². The van der Waals surface area contributed by atoms with Crippen molar-refractivity contribution in [3.05, 3.63) is 63.9 Å². The number of carbonyl (C=O) groups is 1. The second-order valence-electron chi connectivity index (χ2n) is 6.60. The zero-order valence-corrected chi connectivity index (χ0v) is 17.3. The third-order valence-corrected chi connectivity index (χ3v) is 4.92. The van der Waals surface area contributed by atoms with Crippen LogP contribution in [-0.2, 0) is 17.5 Å². The summed E-state index contributed by atoms with van der Waals surface area (Å²) in [4.78, 5) is 17.7. The van der Waals surface area contributed by atoms with Crippen molar-refractivity contribution < 1.29 is 35.9 Å². The van der Waals surface area contributed by atoms with E-state index in [4.69, 9.17) is 23.2 Å². The average Bonchev–Trinajstić information content (AvgIpc) is 3.16. The number of ether oxygens (including phenoxy) is 1. The molecule has 1 atom stereocenters. The number of halogens is 8. The summed E-state index contributed by atoms with van der Waals surface area (Å²) in [5.74, 6) is -1.10. The maximum Gasteiger partial charge on any atom is 0.573 e. The zero-order chi connectivity index (χ0) is 23.7. The van der Waals surface area contributed by atoms with Crippen LogP contribution in [0.15, 0.2) is 42.7 Å². The van der Waals surface area contributed by atoms with E-state index in [1.807, 2.05) is 0 Å². The first-order chi connectivity index (χ1) is 14.8. The lowest BCUT2D eigenvalue weighted by atomic mass is 10.1. The van der Waals surface area contributed by atoms with Gasteiger partial charge in [0, 0.05) is 18.9 Å². The van der Waals surface area contributed by atoms with E-state index in [-0.39, 0.29) is 28.8 Å². The smallest absolute Gasteiger partial charge is 0.404 e. The normalized spacial score (nSPS) is 16.4. The van der Waals surface area contributed by atoms with Gasteiger partial charge in [0.15, 0.2) is 5.82 Å². The lowest BCUT2D eigenvalue weighted by Gasteiger charge is -2.25. The number of amides is 1. The van der Waals surface area contributed by atoms with E-state index in [1.54, 1.807) is 6.08 Å². The maximum atomic E-state index is 12.8. The Morgan fingerprint density at radius 2 is 1.88 bits per heavy atom. The number of carbonyl (C=O) groups excluding carboxylic acids is 1. The van der Waals surface area contributed by atoms with Crippen molar-refractivity contribution in [2.75, 3.05) is 4.90 Å². The van der Waals surface area contributed by atoms with Gasteiger partial charge in [0.1, 0.15) is 11.8 Å². The van der Waals surface area contributed by atoms with Crippen LogP contribution < -0.4 is 15.0 Å². The van der Waals surface area contributed by atoms with Gasteiger partial charge in [0.05, 0.1) is 15.6 Å². The molecule has 1 amide bonds. The highest BCUT2D eigenvalue weighted by Gasteiger charge is 2.34. The first-order valence-corrected chi connectivity index (χ1v) is 9.60. The molecular formula is C19H13Cl2F6N3O2. The number of pyridine rings is 1. The molecule has 0 saturated carbocycles. The Morgan fingerprint density at radius 3 is 2.47 bits per heavy atom. The Hall–Kier alpha value is -2.66. The third kappa shape index (κ3) is 5.77. The van der Waals surface area contributed by atoms with E-state index < -0.39 is 35.8 Å². The van der Waals surface area contributed by atoms with Crippen molar-refractivity contribution in [1.82, 2.24) is 10.3 Å². The molecule has 1 unspecified atom stereocenters. The van der Waals surface area contributed by atoms with Crippen LogP contribution in [0.3, 0.4) is 0 Å². The SMILES string of the molecule is O=C(NCc1ccc(OC(F)(F)F)c(Cl)c1)C1CC=CN1c1ncc(C(F)(F)F)cc1Cl. The van der Waals surface area contributed by atoms with Gasteiger partial charge >= 0.3 is 12.5 Å². The average molecular weight is 500 g/mol. The first-order valence-electron chi connectivity index (χ1n) is 8.85. The second-order valence-corrected chi connectivity index (χ2v) is 7.42. The van der Waals surface area contributed by atoms with Gasteiger partial charge in [0.25, 0.3) is 0 Å². The summed E-state index contributed by atoms with van der Waals surface area (Å²) < 4.78 is 79.2. The number of aromatic nitrogens is 1. The number of hydrogen-bond acceptors (Lipinski definition) is 4. The van der Waals surface area contributed by atoms with Crippen molar-refractivity contribution in [1.29, 1.82) is 0 Å². The predicted molar refractivity (Wildman–Crippen MR) is 104 cm³/mol. The second kappa shape index (κ2) is 9.07. The fourth-order valence-electron chi connectivity index (χ4n) is 2.92. The van der Waals surface area contributed by atoms with E-state index in [2.05, 4.69) is 15.0 Å². The van der Waals surface area contributed by atoms with Gasteiger partial charge in [-0.3, -0.25) is 4.79 Å². The van der Waals surface area contributed by atoms with Crippen LogP contribution in [0, 0.1) is 0 Å². The predicted octanol–water partition coefficient (Wildman–Crippen LogP) is 5.71. The Balaban J connectivity index is 1.67. The molecule has 0 radical (unpaired) electrons. The molecule has 0 fully saturated rings. The molecule has 1 aliphatic heterocycles. The lowest BCUT2D eigenvalue weighted by molar-refractivity contribution is -0.274. The van der Waals surface area contributed by atoms with Crippen molar-refractivity contribution in [3.8, 4) is 5.75 Å². The van der Waals surface area contributed by atoms with Gasteiger partial charge in [-0.1, -0.05) is 35.3 Å². The number of nitrogens with zero attached hydrogens (tertiary/aromatic N) is 2. The summed E-state index contributed by atoms with van der Waals surface area (Å²) >= 11 is 11.7. The summed E-state index contributed by atoms with van der Waals surface area (Å²) in [6.45, 7) is -0.0661. The molecule has 0 spiro atoms. The fraction of sp³-hybridized carbons (Fsp3) is 0.263. The number of rotatable bonds is 5. The van der Waals surface area contributed by atoms with Gasteiger partial charge in [-0.25, -0.2) is 4.98 Å². The molecule has 1 aliphatic rings. The van der Waals surface area contributed by atoms with Crippen LogP contribution in [0.4, 0.5) is 32.2 Å². The van der Waals surface area contributed by atoms with Crippen molar-refractivity contribution in [3.63, 3.8) is 0 Å². The van der Waals surface area contributed by atoms with Crippen LogP contribution in [-0.4, -0.2) is 23.3 Å². The standard InChI is InChI=1S/C19H13Cl2F6N3O2/c20-12-6-10(3-4-15(12)32-19(25,26)27)8-29-17(31)14-2-1-5-30(14)16-13(21)7-11(9-28-16)18(22,23)24/h1,3-7,9,14H,2,8H2,(H,29,31). The van der Waals surface area contributed by atoms with Gasteiger partial charge in [-0.05, 0) is 30.2 Å². The Bertz CT molecular complexity index is 1040. The van der Waals surface area contributed by atoms with Crippen molar-refractivity contribution >= 4 is 34.9 Å². The molecule has 172 valence electrons. The number of benzene rings is 1. The maximum absolute atomic E-state index is 12.8. The third-order valence-electron chi connectivity index (χ3n) is 4.35. The molecule has 13 heteroatoms. The van der Waals surface area contributed by atoms with Gasteiger partial charge in [0.2, 0.25) is 5.91 Å². The minimum Gasteiger partial charge on any atom is -0.404 e. The summed E-state index contributed by atoms with van der Waals surface area (Å²) in [5.41, 5.74) is -0.619. The molecule has 1 aromatic heterocycles. The molecule has 0 saturated heterocycles. The molecule has 0 bridgehead atoms. The van der Waals surface area contributed by atoms with E-state index >= 15 is 0 Å². The molecule has 1 aromatic carbocycles. The Labute approximate surface area is 187 Å². The summed E-state index contributed by atoms with van der Waals surface area (Å²) in [6, 6.07) is 3.41. The fourth-order valence-corrected chi connectivity index (χ4v) is 3.42. The van der Waals surface area contributed by atoms with Crippen LogP contribution in [0.2, 0.25) is 10.0 Å². The molecule has 5 nitrogen and oxygen atoms in total. The van der Waals surface area contributed by atoms with Gasteiger partial charge < -0.3 is 15.0 Å². The van der Waals surface area contributed by atoms with Crippen LogP contribution in [0.1, 0.15) is 17.5 Å². The molecule has 2 aromatic rings. The highest BCUT2D eigenvalue weighted by atomic mass is 35.5. The number of hydrogen-bond donors (Lipinski definition) is 1. The van der Waals surface area contributed by atoms with E-state index in [0.717, 1.165) is 12.1 Å². The number of anilines is 1. The van der Waals surface area contributed by atoms with Gasteiger partial charge in [-0.15, -0.1) is 13.2 Å². The van der Waals surface area contributed by atoms with E-state index in [1.165, 1.54) is 23.2 Å². The first kappa shape index (κ1) is 24.0. The monoisotopic (exact) mass is 499 g/mol. The summed E-state index contributed by atoms with van der Waals surface area (Å²) in [5, 5.41) is 2.02. The van der Waals surface area contributed by atoms with E-state index in [0.29, 0.717) is 11.8 Å². The van der Waals surface area contributed by atoms with Crippen molar-refractivity contribution in [2.45, 2.75) is 31.5 Å². The Kier molecular flexibility index (Phi) is 6.80. The van der Waals surface area contributed by atoms with Crippen LogP contribution in [0.5, 0.6) is 5.75 Å². The topological polar surface area (TPSA) is 54.5 Å². The molecule has 1 N–H and O–H groups in total. The van der Waals surface area contributed by atoms with Crippen molar-refractivity contribution in [2.24, 2.45) is 0 Å². The number of nitrogens with one attached hydrogen (secondary N) is 1. The molecule has 3 rings (SSSR count). The minimum atomic E-state index is -4.90. The number of alkyl halides is 6. The molecule has 2 heterocycles. The minimum absolute atomic E-state index is 0.0229. The largest absolute Gasteiger partial charge is 0.573 e.